The Morgan fingerprint density at radius 3 is 2.47 bits per heavy atom. The van der Waals surface area contributed by atoms with Crippen LogP contribution < -0.4 is 10.6 Å². The van der Waals surface area contributed by atoms with Gasteiger partial charge < -0.3 is 15.7 Å². The Labute approximate surface area is 93.6 Å². The van der Waals surface area contributed by atoms with E-state index in [9.17, 15) is 5.11 Å². The van der Waals surface area contributed by atoms with E-state index in [1.807, 2.05) is 0 Å². The molecule has 4 unspecified atom stereocenters. The van der Waals surface area contributed by atoms with Gasteiger partial charge in [-0.3, -0.25) is 0 Å². The minimum absolute atomic E-state index is 0.145. The number of hydrogen-bond donors (Lipinski definition) is 3. The van der Waals surface area contributed by atoms with Gasteiger partial charge in [0.05, 0.1) is 6.10 Å². The van der Waals surface area contributed by atoms with Gasteiger partial charge in [0.2, 0.25) is 0 Å². The second-order valence-corrected chi connectivity index (χ2v) is 4.67. The lowest BCUT2D eigenvalue weighted by molar-refractivity contribution is 0.0564. The predicted molar refractivity (Wildman–Crippen MR) is 63.9 cm³/mol. The second kappa shape index (κ2) is 6.46. The van der Waals surface area contributed by atoms with Crippen molar-refractivity contribution in [3.63, 3.8) is 0 Å². The molecule has 1 aliphatic heterocycles. The first-order chi connectivity index (χ1) is 7.20. The Morgan fingerprint density at radius 1 is 1.27 bits per heavy atom. The molecule has 1 aliphatic rings. The first-order valence-corrected chi connectivity index (χ1v) is 6.32. The topological polar surface area (TPSA) is 44.3 Å². The summed E-state index contributed by atoms with van der Waals surface area (Å²) in [6, 6.07) is 0.518. The maximum absolute atomic E-state index is 9.97. The third kappa shape index (κ3) is 3.44. The van der Waals surface area contributed by atoms with Crippen LogP contribution in [0.25, 0.3) is 0 Å². The van der Waals surface area contributed by atoms with Gasteiger partial charge >= 0.3 is 0 Å². The minimum Gasteiger partial charge on any atom is -0.393 e. The first kappa shape index (κ1) is 12.9. The Bertz CT molecular complexity index is 169. The van der Waals surface area contributed by atoms with Crippen LogP contribution in [0.3, 0.4) is 0 Å². The molecule has 0 aromatic rings. The third-order valence-electron chi connectivity index (χ3n) is 3.77. The monoisotopic (exact) mass is 214 g/mol. The molecule has 0 aromatic carbocycles. The fourth-order valence-electron chi connectivity index (χ4n) is 2.64. The van der Waals surface area contributed by atoms with Crippen LogP contribution >= 0.6 is 0 Å². The van der Waals surface area contributed by atoms with Crippen LogP contribution in [-0.2, 0) is 0 Å². The molecule has 0 aromatic heterocycles. The summed E-state index contributed by atoms with van der Waals surface area (Å²) in [5, 5.41) is 16.9. The number of rotatable bonds is 5. The van der Waals surface area contributed by atoms with E-state index in [0.29, 0.717) is 17.9 Å². The fraction of sp³-hybridized carbons (Fsp3) is 1.00. The molecule has 4 atom stereocenters. The number of aliphatic hydroxyl groups is 1. The van der Waals surface area contributed by atoms with Crippen molar-refractivity contribution < 1.29 is 5.11 Å². The van der Waals surface area contributed by atoms with Crippen molar-refractivity contribution in [2.45, 2.75) is 45.8 Å². The Morgan fingerprint density at radius 2 is 2.00 bits per heavy atom. The van der Waals surface area contributed by atoms with Crippen LogP contribution in [0.2, 0.25) is 0 Å². The minimum atomic E-state index is -0.145. The van der Waals surface area contributed by atoms with E-state index in [4.69, 9.17) is 0 Å². The van der Waals surface area contributed by atoms with E-state index in [2.05, 4.69) is 31.4 Å². The molecule has 0 saturated carbocycles. The summed E-state index contributed by atoms with van der Waals surface area (Å²) in [6.07, 6.45) is 1.78. The molecule has 1 saturated heterocycles. The third-order valence-corrected chi connectivity index (χ3v) is 3.77. The summed E-state index contributed by atoms with van der Waals surface area (Å²) in [6.45, 7) is 9.65. The number of nitrogens with one attached hydrogen (secondary N) is 2. The lowest BCUT2D eigenvalue weighted by Crippen LogP contribution is -2.53. The highest BCUT2D eigenvalue weighted by molar-refractivity contribution is 4.85. The largest absolute Gasteiger partial charge is 0.393 e. The average molecular weight is 214 g/mol. The van der Waals surface area contributed by atoms with Crippen LogP contribution in [0.1, 0.15) is 33.6 Å². The highest BCUT2D eigenvalue weighted by Gasteiger charge is 2.29. The fourth-order valence-corrected chi connectivity index (χ4v) is 2.64. The predicted octanol–water partition coefficient (Wildman–Crippen LogP) is 0.981. The lowest BCUT2D eigenvalue weighted by Gasteiger charge is -2.36. The SMILES string of the molecule is CCC(O)C(CC)C(C)C1CNCCN1. The maximum atomic E-state index is 9.97. The molecule has 0 bridgehead atoms. The molecular formula is C12H26N2O. The van der Waals surface area contributed by atoms with Gasteiger partial charge in [-0.2, -0.15) is 0 Å². The van der Waals surface area contributed by atoms with Crippen molar-refractivity contribution in [2.24, 2.45) is 11.8 Å². The molecule has 0 spiro atoms. The second-order valence-electron chi connectivity index (χ2n) is 4.67. The normalized spacial score (nSPS) is 28.4. The van der Waals surface area contributed by atoms with Gasteiger partial charge in [-0.05, 0) is 18.3 Å². The number of hydrogen-bond acceptors (Lipinski definition) is 3. The summed E-state index contributed by atoms with van der Waals surface area (Å²) in [5.74, 6) is 0.963. The summed E-state index contributed by atoms with van der Waals surface area (Å²) in [7, 11) is 0. The van der Waals surface area contributed by atoms with E-state index in [0.717, 1.165) is 32.5 Å². The molecule has 90 valence electrons. The zero-order valence-electron chi connectivity index (χ0n) is 10.3. The van der Waals surface area contributed by atoms with Crippen LogP contribution in [0.5, 0.6) is 0 Å². The molecular weight excluding hydrogens is 188 g/mol. The van der Waals surface area contributed by atoms with Gasteiger partial charge in [0, 0.05) is 25.7 Å². The van der Waals surface area contributed by atoms with Crippen molar-refractivity contribution >= 4 is 0 Å². The summed E-state index contributed by atoms with van der Waals surface area (Å²) in [5.41, 5.74) is 0. The molecule has 0 aliphatic carbocycles. The summed E-state index contributed by atoms with van der Waals surface area (Å²) in [4.78, 5) is 0. The molecule has 1 rings (SSSR count). The molecule has 0 radical (unpaired) electrons. The van der Waals surface area contributed by atoms with Crippen molar-refractivity contribution in [2.75, 3.05) is 19.6 Å². The zero-order valence-corrected chi connectivity index (χ0v) is 10.3. The number of aliphatic hydroxyl groups excluding tert-OH is 1. The van der Waals surface area contributed by atoms with Crippen molar-refractivity contribution in [3.8, 4) is 0 Å². The van der Waals surface area contributed by atoms with Gasteiger partial charge in [-0.15, -0.1) is 0 Å². The van der Waals surface area contributed by atoms with Gasteiger partial charge in [-0.25, -0.2) is 0 Å². The highest BCUT2D eigenvalue weighted by atomic mass is 16.3. The van der Waals surface area contributed by atoms with E-state index in [-0.39, 0.29) is 6.10 Å². The van der Waals surface area contributed by atoms with Gasteiger partial charge in [0.15, 0.2) is 0 Å². The average Bonchev–Trinajstić information content (AvgIpc) is 2.30. The Balaban J connectivity index is 2.50. The summed E-state index contributed by atoms with van der Waals surface area (Å²) < 4.78 is 0. The van der Waals surface area contributed by atoms with Crippen LogP contribution in [-0.4, -0.2) is 36.9 Å². The summed E-state index contributed by atoms with van der Waals surface area (Å²) >= 11 is 0. The van der Waals surface area contributed by atoms with Crippen LogP contribution in [0.15, 0.2) is 0 Å². The standard InChI is InChI=1S/C12H26N2O/c1-4-10(12(15)5-2)9(3)11-8-13-6-7-14-11/h9-15H,4-8H2,1-3H3. The highest BCUT2D eigenvalue weighted by Crippen LogP contribution is 2.24. The molecule has 0 amide bonds. The van der Waals surface area contributed by atoms with Gasteiger partial charge in [0.1, 0.15) is 0 Å². The first-order valence-electron chi connectivity index (χ1n) is 6.32. The molecule has 1 heterocycles. The molecule has 15 heavy (non-hydrogen) atoms. The molecule has 3 heteroatoms. The van der Waals surface area contributed by atoms with Crippen LogP contribution in [0, 0.1) is 11.8 Å². The van der Waals surface area contributed by atoms with Crippen molar-refractivity contribution in [1.82, 2.24) is 10.6 Å². The van der Waals surface area contributed by atoms with E-state index >= 15 is 0 Å². The molecule has 3 nitrogen and oxygen atoms in total. The van der Waals surface area contributed by atoms with Gasteiger partial charge in [-0.1, -0.05) is 27.2 Å². The van der Waals surface area contributed by atoms with Crippen molar-refractivity contribution in [3.05, 3.63) is 0 Å². The van der Waals surface area contributed by atoms with E-state index in [1.54, 1.807) is 0 Å². The molecule has 3 N–H and O–H groups in total. The maximum Gasteiger partial charge on any atom is 0.0568 e. The molecule has 1 fully saturated rings. The van der Waals surface area contributed by atoms with Crippen LogP contribution in [0.4, 0.5) is 0 Å². The smallest absolute Gasteiger partial charge is 0.0568 e. The van der Waals surface area contributed by atoms with Crippen molar-refractivity contribution in [1.29, 1.82) is 0 Å². The van der Waals surface area contributed by atoms with E-state index < -0.39 is 0 Å². The number of piperazine rings is 1. The quantitative estimate of drug-likeness (QED) is 0.639. The zero-order chi connectivity index (χ0) is 11.3. The Hall–Kier alpha value is -0.120. The lowest BCUT2D eigenvalue weighted by atomic mass is 9.80. The van der Waals surface area contributed by atoms with E-state index in [1.165, 1.54) is 0 Å². The Kier molecular flexibility index (Phi) is 5.58. The van der Waals surface area contributed by atoms with Gasteiger partial charge in [0.25, 0.3) is 0 Å².